The predicted molar refractivity (Wildman–Crippen MR) is 130 cm³/mol. The van der Waals surface area contributed by atoms with Gasteiger partial charge in [0.05, 0.1) is 5.39 Å². The lowest BCUT2D eigenvalue weighted by Crippen LogP contribution is -2.41. The van der Waals surface area contributed by atoms with Gasteiger partial charge in [-0.15, -0.1) is 0 Å². The van der Waals surface area contributed by atoms with Gasteiger partial charge in [0.15, 0.2) is 17.3 Å². The smallest absolute Gasteiger partial charge is 0.410 e. The molecular weight excluding hydrogens is 470 g/mol. The Kier molecular flexibility index (Phi) is 5.77. The summed E-state index contributed by atoms with van der Waals surface area (Å²) < 4.78 is 40.6. The Morgan fingerprint density at radius 3 is 2.36 bits per heavy atom. The number of aromatic nitrogens is 3. The van der Waals surface area contributed by atoms with E-state index in [1.165, 1.54) is 18.2 Å². The minimum absolute atomic E-state index is 0.0517. The molecule has 1 N–H and O–H groups in total. The Bertz CT molecular complexity index is 1550. The molecule has 0 spiro atoms. The van der Waals surface area contributed by atoms with Crippen LogP contribution in [-0.4, -0.2) is 44.6 Å². The van der Waals surface area contributed by atoms with E-state index in [4.69, 9.17) is 9.15 Å². The third-order valence-corrected chi connectivity index (χ3v) is 6.20. The van der Waals surface area contributed by atoms with Crippen LogP contribution in [0.3, 0.4) is 0 Å². The maximum absolute atomic E-state index is 15.2. The number of nitrogens with one attached hydrogen (secondary N) is 1. The molecule has 188 valence electrons. The summed E-state index contributed by atoms with van der Waals surface area (Å²) in [5.74, 6) is -0.718. The SMILES string of the molecule is Cc1nc2c(F)cc(-c3cc(F)c4nc(C5CCN(C(=O)OC(C)(C)C)CC5)[nH]c(=O)c4c3)cc2o1. The van der Waals surface area contributed by atoms with Crippen molar-refractivity contribution < 1.29 is 22.7 Å². The van der Waals surface area contributed by atoms with Crippen molar-refractivity contribution in [2.75, 3.05) is 13.1 Å². The Morgan fingerprint density at radius 2 is 1.69 bits per heavy atom. The molecule has 0 bridgehead atoms. The molecule has 2 aromatic heterocycles. The summed E-state index contributed by atoms with van der Waals surface area (Å²) in [4.78, 5) is 38.1. The number of ether oxygens (including phenoxy) is 1. The highest BCUT2D eigenvalue weighted by Gasteiger charge is 2.29. The zero-order chi connectivity index (χ0) is 25.8. The number of nitrogens with zero attached hydrogens (tertiary/aromatic N) is 3. The van der Waals surface area contributed by atoms with E-state index in [0.717, 1.165) is 0 Å². The molecule has 8 nitrogen and oxygen atoms in total. The molecule has 0 radical (unpaired) electrons. The number of halogens is 2. The van der Waals surface area contributed by atoms with Crippen LogP contribution in [0, 0.1) is 18.6 Å². The van der Waals surface area contributed by atoms with E-state index in [2.05, 4.69) is 15.0 Å². The van der Waals surface area contributed by atoms with Gasteiger partial charge in [-0.05, 0) is 69.0 Å². The number of carbonyl (C=O) groups is 1. The molecule has 1 amide bonds. The van der Waals surface area contributed by atoms with Gasteiger partial charge in [-0.25, -0.2) is 23.5 Å². The van der Waals surface area contributed by atoms with E-state index < -0.39 is 22.8 Å². The maximum atomic E-state index is 15.2. The third kappa shape index (κ3) is 4.55. The fraction of sp³-hybridized carbons (Fsp3) is 0.385. The standard InChI is InChI=1S/C26H26F2N4O4/c1-13-29-22-19(28)11-16(12-20(22)35-13)15-9-17-21(18(27)10-15)30-23(31-24(17)33)14-5-7-32(8-6-14)25(34)36-26(2,3)4/h9-12,14H,5-8H2,1-4H3,(H,30,31,33). The molecule has 0 saturated carbocycles. The Balaban J connectivity index is 1.43. The summed E-state index contributed by atoms with van der Waals surface area (Å²) in [6.07, 6.45) is 0.738. The summed E-state index contributed by atoms with van der Waals surface area (Å²) in [5, 5.41) is 0.0641. The fourth-order valence-corrected chi connectivity index (χ4v) is 4.51. The quantitative estimate of drug-likeness (QED) is 0.397. The lowest BCUT2D eigenvalue weighted by Gasteiger charge is -2.33. The van der Waals surface area contributed by atoms with Gasteiger partial charge in [-0.3, -0.25) is 4.79 Å². The van der Waals surface area contributed by atoms with Gasteiger partial charge in [0.2, 0.25) is 0 Å². The molecule has 36 heavy (non-hydrogen) atoms. The lowest BCUT2D eigenvalue weighted by molar-refractivity contribution is 0.0203. The van der Waals surface area contributed by atoms with Crippen molar-refractivity contribution in [1.29, 1.82) is 0 Å². The Labute approximate surface area is 205 Å². The highest BCUT2D eigenvalue weighted by atomic mass is 19.1. The number of fused-ring (bicyclic) bond motifs is 2. The first-order valence-electron chi connectivity index (χ1n) is 11.8. The van der Waals surface area contributed by atoms with E-state index in [9.17, 15) is 14.0 Å². The van der Waals surface area contributed by atoms with Crippen LogP contribution in [0.1, 0.15) is 51.2 Å². The van der Waals surface area contributed by atoms with Crippen LogP contribution in [0.2, 0.25) is 0 Å². The lowest BCUT2D eigenvalue weighted by atomic mass is 9.95. The number of amides is 1. The number of hydrogen-bond donors (Lipinski definition) is 1. The summed E-state index contributed by atoms with van der Waals surface area (Å²) >= 11 is 0. The van der Waals surface area contributed by atoms with Crippen LogP contribution < -0.4 is 5.56 Å². The number of rotatable bonds is 2. The van der Waals surface area contributed by atoms with Gasteiger partial charge in [-0.2, -0.15) is 0 Å². The van der Waals surface area contributed by atoms with Crippen LogP contribution in [0.5, 0.6) is 0 Å². The second-order valence-electron chi connectivity index (χ2n) is 10.1. The van der Waals surface area contributed by atoms with Crippen LogP contribution >= 0.6 is 0 Å². The van der Waals surface area contributed by atoms with Gasteiger partial charge in [0, 0.05) is 25.9 Å². The Hall–Kier alpha value is -3.82. The molecule has 3 heterocycles. The number of aryl methyl sites for hydroxylation is 1. The van der Waals surface area contributed by atoms with Crippen molar-refractivity contribution >= 4 is 28.1 Å². The zero-order valence-corrected chi connectivity index (χ0v) is 20.4. The van der Waals surface area contributed by atoms with Crippen molar-refractivity contribution in [2.45, 2.75) is 52.1 Å². The van der Waals surface area contributed by atoms with Crippen LogP contribution in [-0.2, 0) is 4.74 Å². The van der Waals surface area contributed by atoms with Gasteiger partial charge < -0.3 is 19.0 Å². The molecule has 1 aliphatic rings. The number of hydrogen-bond acceptors (Lipinski definition) is 6. The normalized spacial score (nSPS) is 15.1. The molecule has 1 aliphatic heterocycles. The van der Waals surface area contributed by atoms with Gasteiger partial charge in [0.1, 0.15) is 28.3 Å². The topological polar surface area (TPSA) is 101 Å². The maximum Gasteiger partial charge on any atom is 0.410 e. The second kappa shape index (κ2) is 8.69. The highest BCUT2D eigenvalue weighted by Crippen LogP contribution is 2.31. The number of piperidine rings is 1. The van der Waals surface area contributed by atoms with E-state index in [1.807, 2.05) is 20.8 Å². The van der Waals surface area contributed by atoms with Crippen molar-refractivity contribution in [2.24, 2.45) is 0 Å². The van der Waals surface area contributed by atoms with Crippen LogP contribution in [0.4, 0.5) is 13.6 Å². The molecule has 0 atom stereocenters. The molecule has 10 heteroatoms. The van der Waals surface area contributed by atoms with Gasteiger partial charge in [0.25, 0.3) is 5.56 Å². The van der Waals surface area contributed by atoms with Crippen molar-refractivity contribution in [3.63, 3.8) is 0 Å². The zero-order valence-electron chi connectivity index (χ0n) is 20.4. The van der Waals surface area contributed by atoms with Crippen molar-refractivity contribution in [1.82, 2.24) is 19.9 Å². The number of oxazole rings is 1. The summed E-state index contributed by atoms with van der Waals surface area (Å²) in [5.41, 5.74) is -0.106. The molecule has 4 aromatic rings. The average molecular weight is 497 g/mol. The monoisotopic (exact) mass is 496 g/mol. The van der Waals surface area contributed by atoms with E-state index in [1.54, 1.807) is 17.9 Å². The molecule has 2 aromatic carbocycles. The minimum atomic E-state index is -0.685. The molecular formula is C26H26F2N4O4. The first-order chi connectivity index (χ1) is 17.0. The molecule has 5 rings (SSSR count). The van der Waals surface area contributed by atoms with Crippen molar-refractivity contribution in [3.05, 3.63) is 58.0 Å². The van der Waals surface area contributed by atoms with Gasteiger partial charge >= 0.3 is 6.09 Å². The second-order valence-corrected chi connectivity index (χ2v) is 10.1. The molecule has 1 saturated heterocycles. The first-order valence-corrected chi connectivity index (χ1v) is 11.8. The fourth-order valence-electron chi connectivity index (χ4n) is 4.51. The minimum Gasteiger partial charge on any atom is -0.444 e. The summed E-state index contributed by atoms with van der Waals surface area (Å²) in [6.45, 7) is 7.93. The number of likely N-dealkylation sites (tertiary alicyclic amines) is 1. The first kappa shape index (κ1) is 23.9. The van der Waals surface area contributed by atoms with Crippen molar-refractivity contribution in [3.8, 4) is 11.1 Å². The average Bonchev–Trinajstić information content (AvgIpc) is 3.19. The third-order valence-electron chi connectivity index (χ3n) is 6.20. The highest BCUT2D eigenvalue weighted by molar-refractivity contribution is 5.87. The van der Waals surface area contributed by atoms with E-state index >= 15 is 4.39 Å². The molecule has 0 unspecified atom stereocenters. The summed E-state index contributed by atoms with van der Waals surface area (Å²) in [7, 11) is 0. The number of carbonyl (C=O) groups excluding carboxylic acids is 1. The predicted octanol–water partition coefficient (Wildman–Crippen LogP) is 5.43. The molecule has 1 fully saturated rings. The van der Waals surface area contributed by atoms with Gasteiger partial charge in [-0.1, -0.05) is 0 Å². The number of benzene rings is 2. The summed E-state index contributed by atoms with van der Waals surface area (Å²) in [6, 6.07) is 5.52. The number of H-pyrrole nitrogens is 1. The van der Waals surface area contributed by atoms with E-state index in [0.29, 0.717) is 48.8 Å². The van der Waals surface area contributed by atoms with E-state index in [-0.39, 0.29) is 34.0 Å². The van der Waals surface area contributed by atoms with Crippen LogP contribution in [0.25, 0.3) is 33.1 Å². The largest absolute Gasteiger partial charge is 0.444 e. The number of aromatic amines is 1. The molecule has 0 aliphatic carbocycles. The van der Waals surface area contributed by atoms with Crippen LogP contribution in [0.15, 0.2) is 33.5 Å². The Morgan fingerprint density at radius 1 is 1.06 bits per heavy atom.